The van der Waals surface area contributed by atoms with Gasteiger partial charge in [0.15, 0.2) is 0 Å². The highest BCUT2D eigenvalue weighted by Gasteiger charge is 2.28. The van der Waals surface area contributed by atoms with E-state index in [1.807, 2.05) is 12.4 Å². The second-order valence-electron chi connectivity index (χ2n) is 5.96. The number of hydrogen-bond donors (Lipinski definition) is 1. The molecular formula is C14H23N3. The van der Waals surface area contributed by atoms with Gasteiger partial charge in [0, 0.05) is 44.6 Å². The van der Waals surface area contributed by atoms with Crippen LogP contribution in [0.15, 0.2) is 24.5 Å². The zero-order valence-corrected chi connectivity index (χ0v) is 11.1. The van der Waals surface area contributed by atoms with Gasteiger partial charge in [-0.15, -0.1) is 0 Å². The molecule has 2 rings (SSSR count). The minimum Gasteiger partial charge on any atom is -0.311 e. The summed E-state index contributed by atoms with van der Waals surface area (Å²) >= 11 is 0. The molecule has 2 heterocycles. The van der Waals surface area contributed by atoms with Crippen molar-refractivity contribution in [1.82, 2.24) is 15.2 Å². The van der Waals surface area contributed by atoms with E-state index < -0.39 is 0 Å². The van der Waals surface area contributed by atoms with Crippen LogP contribution in [0.5, 0.6) is 0 Å². The van der Waals surface area contributed by atoms with Crippen molar-refractivity contribution >= 4 is 0 Å². The molecule has 1 aliphatic heterocycles. The maximum Gasteiger partial charge on any atom is 0.0271 e. The lowest BCUT2D eigenvalue weighted by atomic mass is 9.85. The van der Waals surface area contributed by atoms with Gasteiger partial charge in [-0.05, 0) is 23.1 Å². The maximum atomic E-state index is 4.06. The zero-order valence-electron chi connectivity index (χ0n) is 11.1. The normalized spacial score (nSPS) is 22.6. The first kappa shape index (κ1) is 12.5. The Labute approximate surface area is 104 Å². The topological polar surface area (TPSA) is 28.2 Å². The highest BCUT2D eigenvalue weighted by atomic mass is 15.2. The van der Waals surface area contributed by atoms with Gasteiger partial charge in [-0.3, -0.25) is 9.88 Å². The summed E-state index contributed by atoms with van der Waals surface area (Å²) in [5, 5.41) is 3.62. The number of aromatic nitrogens is 1. The summed E-state index contributed by atoms with van der Waals surface area (Å²) in [5.74, 6) is 0. The summed E-state index contributed by atoms with van der Waals surface area (Å²) in [5.41, 5.74) is 1.69. The van der Waals surface area contributed by atoms with Crippen LogP contribution < -0.4 is 5.32 Å². The summed E-state index contributed by atoms with van der Waals surface area (Å²) in [6, 6.07) is 4.79. The van der Waals surface area contributed by atoms with Gasteiger partial charge in [-0.25, -0.2) is 0 Å². The predicted octanol–water partition coefficient (Wildman–Crippen LogP) is 1.90. The van der Waals surface area contributed by atoms with Crippen LogP contribution in [-0.2, 0) is 6.54 Å². The zero-order chi connectivity index (χ0) is 12.3. The molecule has 3 heteroatoms. The van der Waals surface area contributed by atoms with Gasteiger partial charge >= 0.3 is 0 Å². The molecule has 0 radical (unpaired) electrons. The minimum atomic E-state index is 0.330. The smallest absolute Gasteiger partial charge is 0.0271 e. The van der Waals surface area contributed by atoms with Gasteiger partial charge in [0.1, 0.15) is 0 Å². The van der Waals surface area contributed by atoms with Crippen molar-refractivity contribution in [3.05, 3.63) is 30.1 Å². The molecule has 0 bridgehead atoms. The van der Waals surface area contributed by atoms with Crippen LogP contribution in [0.25, 0.3) is 0 Å². The third-order valence-electron chi connectivity index (χ3n) is 3.46. The first-order valence-electron chi connectivity index (χ1n) is 6.40. The van der Waals surface area contributed by atoms with Crippen LogP contribution in [0.3, 0.4) is 0 Å². The molecule has 1 N–H and O–H groups in total. The van der Waals surface area contributed by atoms with Crippen molar-refractivity contribution < 1.29 is 0 Å². The average Bonchev–Trinajstić information content (AvgIpc) is 2.29. The summed E-state index contributed by atoms with van der Waals surface area (Å²) < 4.78 is 0. The van der Waals surface area contributed by atoms with Crippen LogP contribution in [0, 0.1) is 5.41 Å². The van der Waals surface area contributed by atoms with E-state index in [4.69, 9.17) is 0 Å². The van der Waals surface area contributed by atoms with Crippen LogP contribution >= 0.6 is 0 Å². The van der Waals surface area contributed by atoms with Crippen molar-refractivity contribution in [2.45, 2.75) is 33.4 Å². The molecule has 0 spiro atoms. The van der Waals surface area contributed by atoms with Crippen molar-refractivity contribution in [3.63, 3.8) is 0 Å². The van der Waals surface area contributed by atoms with E-state index in [0.29, 0.717) is 11.5 Å². The van der Waals surface area contributed by atoms with Gasteiger partial charge in [0.05, 0.1) is 0 Å². The molecule has 1 aromatic heterocycles. The molecule has 1 atom stereocenters. The van der Waals surface area contributed by atoms with E-state index in [9.17, 15) is 0 Å². The minimum absolute atomic E-state index is 0.330. The monoisotopic (exact) mass is 233 g/mol. The Hall–Kier alpha value is -0.930. The Bertz CT molecular complexity index is 342. The van der Waals surface area contributed by atoms with Crippen molar-refractivity contribution in [3.8, 4) is 0 Å². The number of nitrogens with one attached hydrogen (secondary N) is 1. The second kappa shape index (κ2) is 5.15. The van der Waals surface area contributed by atoms with Gasteiger partial charge in [-0.2, -0.15) is 0 Å². The Morgan fingerprint density at radius 1 is 1.35 bits per heavy atom. The SMILES string of the molecule is CC(C)(C)C1CN(Cc2ccncc2)CCN1. The molecule has 1 fully saturated rings. The molecule has 94 valence electrons. The molecule has 17 heavy (non-hydrogen) atoms. The Morgan fingerprint density at radius 3 is 2.71 bits per heavy atom. The van der Waals surface area contributed by atoms with E-state index >= 15 is 0 Å². The molecule has 1 aromatic rings. The molecule has 1 aliphatic rings. The van der Waals surface area contributed by atoms with E-state index in [1.54, 1.807) is 0 Å². The quantitative estimate of drug-likeness (QED) is 0.845. The number of nitrogens with zero attached hydrogens (tertiary/aromatic N) is 2. The van der Waals surface area contributed by atoms with Gasteiger partial charge in [0.2, 0.25) is 0 Å². The number of hydrogen-bond acceptors (Lipinski definition) is 3. The molecule has 3 nitrogen and oxygen atoms in total. The fourth-order valence-electron chi connectivity index (χ4n) is 2.28. The Balaban J connectivity index is 1.94. The first-order valence-corrected chi connectivity index (χ1v) is 6.40. The lowest BCUT2D eigenvalue weighted by Crippen LogP contribution is -2.55. The second-order valence-corrected chi connectivity index (χ2v) is 5.96. The molecule has 0 amide bonds. The highest BCUT2D eigenvalue weighted by molar-refractivity contribution is 5.09. The molecule has 0 aromatic carbocycles. The lowest BCUT2D eigenvalue weighted by molar-refractivity contribution is 0.129. The van der Waals surface area contributed by atoms with Gasteiger partial charge in [0.25, 0.3) is 0 Å². The fourth-order valence-corrected chi connectivity index (χ4v) is 2.28. The summed E-state index contributed by atoms with van der Waals surface area (Å²) in [7, 11) is 0. The van der Waals surface area contributed by atoms with Crippen LogP contribution in [-0.4, -0.2) is 35.6 Å². The van der Waals surface area contributed by atoms with E-state index in [2.05, 4.69) is 48.1 Å². The summed E-state index contributed by atoms with van der Waals surface area (Å²) in [4.78, 5) is 6.59. The molecule has 1 unspecified atom stereocenters. The van der Waals surface area contributed by atoms with E-state index in [0.717, 1.165) is 26.2 Å². The van der Waals surface area contributed by atoms with Crippen molar-refractivity contribution in [2.24, 2.45) is 5.41 Å². The largest absolute Gasteiger partial charge is 0.311 e. The number of pyridine rings is 1. The fraction of sp³-hybridized carbons (Fsp3) is 0.643. The van der Waals surface area contributed by atoms with Gasteiger partial charge < -0.3 is 5.32 Å². The average molecular weight is 233 g/mol. The van der Waals surface area contributed by atoms with E-state index in [-0.39, 0.29) is 0 Å². The van der Waals surface area contributed by atoms with Crippen LogP contribution in [0.2, 0.25) is 0 Å². The Morgan fingerprint density at radius 2 is 2.06 bits per heavy atom. The van der Waals surface area contributed by atoms with Crippen molar-refractivity contribution in [1.29, 1.82) is 0 Å². The third kappa shape index (κ3) is 3.51. The highest BCUT2D eigenvalue weighted by Crippen LogP contribution is 2.22. The summed E-state index contributed by atoms with van der Waals surface area (Å²) in [6.07, 6.45) is 3.75. The van der Waals surface area contributed by atoms with Gasteiger partial charge in [-0.1, -0.05) is 20.8 Å². The standard InChI is InChI=1S/C14H23N3/c1-14(2,3)13-11-17(9-8-16-13)10-12-4-6-15-7-5-12/h4-7,13,16H,8-11H2,1-3H3. The molecular weight excluding hydrogens is 210 g/mol. The summed E-state index contributed by atoms with van der Waals surface area (Å²) in [6.45, 7) is 11.3. The Kier molecular flexibility index (Phi) is 3.79. The van der Waals surface area contributed by atoms with Crippen molar-refractivity contribution in [2.75, 3.05) is 19.6 Å². The first-order chi connectivity index (χ1) is 8.05. The third-order valence-corrected chi connectivity index (χ3v) is 3.46. The van der Waals surface area contributed by atoms with E-state index in [1.165, 1.54) is 5.56 Å². The molecule has 0 saturated carbocycles. The van der Waals surface area contributed by atoms with Crippen LogP contribution in [0.4, 0.5) is 0 Å². The number of rotatable bonds is 2. The molecule has 0 aliphatic carbocycles. The maximum absolute atomic E-state index is 4.06. The lowest BCUT2D eigenvalue weighted by Gasteiger charge is -2.40. The predicted molar refractivity (Wildman–Crippen MR) is 70.8 cm³/mol. The molecule has 1 saturated heterocycles. The number of piperazine rings is 1. The van der Waals surface area contributed by atoms with Crippen LogP contribution in [0.1, 0.15) is 26.3 Å².